The van der Waals surface area contributed by atoms with Crippen molar-refractivity contribution in [2.45, 2.75) is 96.1 Å². The zero-order chi connectivity index (χ0) is 84.6. The van der Waals surface area contributed by atoms with Crippen molar-refractivity contribution >= 4 is 149 Å². The van der Waals surface area contributed by atoms with Gasteiger partial charge in [-0.1, -0.05) is 84.9 Å². The minimum Gasteiger partial charge on any atom is -0.493 e. The number of imide groups is 1. The van der Waals surface area contributed by atoms with Crippen molar-refractivity contribution in [2.75, 3.05) is 113 Å². The number of aromatic nitrogens is 8. The summed E-state index contributed by atoms with van der Waals surface area (Å²) in [4.78, 5) is 73.8. The van der Waals surface area contributed by atoms with Crippen LogP contribution in [0.5, 0.6) is 5.75 Å². The molecule has 9 N–H and O–H groups in total. The van der Waals surface area contributed by atoms with Crippen molar-refractivity contribution < 1.29 is 148 Å². The fourth-order valence-electron chi connectivity index (χ4n) is 14.0. The summed E-state index contributed by atoms with van der Waals surface area (Å²) in [6.45, 7) is 9.67. The van der Waals surface area contributed by atoms with Crippen LogP contribution in [-0.4, -0.2) is 289 Å². The Morgan fingerprint density at radius 3 is 1.15 bits per heavy atom. The number of nitrogens with one attached hydrogen (secondary N) is 3. The van der Waals surface area contributed by atoms with E-state index in [-0.39, 0.29) is 153 Å². The predicted octanol–water partition coefficient (Wildman–Crippen LogP) is 4.34. The molecule has 0 aliphatic carbocycles. The molecule has 3 amide bonds. The molecular weight excluding hydrogens is 1710 g/mol. The molecule has 0 fully saturated rings. The number of hydrogen-bond acceptors (Lipinski definition) is 25. The van der Waals surface area contributed by atoms with Crippen molar-refractivity contribution in [2.24, 2.45) is 0 Å². The number of amides is 3. The summed E-state index contributed by atoms with van der Waals surface area (Å²) in [6, 6.07) is 30.4. The van der Waals surface area contributed by atoms with Crippen molar-refractivity contribution in [3.63, 3.8) is 0 Å². The molecule has 3 aliphatic rings. The summed E-state index contributed by atoms with van der Waals surface area (Å²) in [7, 11) is -31.3. The van der Waals surface area contributed by atoms with Crippen LogP contribution in [0, 0.1) is 0 Å². The minimum absolute atomic E-state index is 0. The Labute approximate surface area is 705 Å². The van der Waals surface area contributed by atoms with Gasteiger partial charge < -0.3 is 42.0 Å². The number of hydrogen-bond donors (Lipinski definition) is 9. The van der Waals surface area contributed by atoms with Gasteiger partial charge in [-0.15, -0.1) is 0 Å². The second-order valence-electron chi connectivity index (χ2n) is 29.7. The Morgan fingerprint density at radius 1 is 0.436 bits per heavy atom. The van der Waals surface area contributed by atoms with E-state index < -0.39 is 130 Å². The average Bonchev–Trinajstić information content (AvgIpc) is 1.61. The molecule has 0 atom stereocenters. The van der Waals surface area contributed by atoms with Gasteiger partial charge in [0.1, 0.15) is 28.3 Å². The Morgan fingerprint density at radius 2 is 0.769 bits per heavy atom. The summed E-state index contributed by atoms with van der Waals surface area (Å²) in [5.74, 6) is -1.75. The molecule has 3 aromatic heterocycles. The maximum absolute atomic E-state index is 12.3. The zero-order valence-electron chi connectivity index (χ0n) is 65.2. The number of fused-ring (bicyclic) bond motifs is 20. The molecule has 632 valence electrons. The number of ether oxygens (including phenoxy) is 2. The molecule has 8 bridgehead atoms. The van der Waals surface area contributed by atoms with E-state index in [9.17, 15) is 92.2 Å². The van der Waals surface area contributed by atoms with Gasteiger partial charge in [0.05, 0.1) is 105 Å². The predicted molar refractivity (Wildman–Crippen MR) is 439 cm³/mol. The molecule has 6 heterocycles. The van der Waals surface area contributed by atoms with Crippen LogP contribution >= 0.6 is 0 Å². The molecule has 3 aliphatic heterocycles. The number of carbonyl (C=O) groups is 3. The second-order valence-corrected chi connectivity index (χ2v) is 48.9. The summed E-state index contributed by atoms with van der Waals surface area (Å²) in [5, 5.41) is 5.75. The van der Waals surface area contributed by atoms with E-state index >= 15 is 0 Å². The summed E-state index contributed by atoms with van der Waals surface area (Å²) in [6.07, 6.45) is 2.95. The fraction of sp³-hybridized carbons (Fsp3) is 0.471. The monoisotopic (exact) mass is 1800 g/mol. The Kier molecular flexibility index (Phi) is 33.6. The molecule has 0 spiro atoms. The van der Waals surface area contributed by atoms with Crippen molar-refractivity contribution in [3.8, 4) is 51.3 Å². The van der Waals surface area contributed by atoms with Crippen LogP contribution in [0.2, 0.25) is 38.3 Å². The fourth-order valence-corrected chi connectivity index (χ4v) is 22.2. The van der Waals surface area contributed by atoms with Gasteiger partial charge in [0, 0.05) is 109 Å². The van der Waals surface area contributed by atoms with Crippen LogP contribution in [0.4, 0.5) is 4.79 Å². The van der Waals surface area contributed by atoms with Gasteiger partial charge in [-0.05, 0) is 57.2 Å². The molecule has 37 nitrogen and oxygen atoms in total. The third kappa shape index (κ3) is 30.4. The van der Waals surface area contributed by atoms with Crippen molar-refractivity contribution in [1.82, 2.24) is 50.1 Å². The van der Waals surface area contributed by atoms with Crippen LogP contribution in [0.1, 0.15) is 57.8 Å². The molecule has 0 saturated carbocycles. The van der Waals surface area contributed by atoms with Gasteiger partial charge in [0.25, 0.3) is 72.5 Å². The van der Waals surface area contributed by atoms with Gasteiger partial charge in [-0.25, -0.2) is 34.7 Å². The van der Waals surface area contributed by atoms with Crippen molar-refractivity contribution in [3.05, 3.63) is 103 Å². The van der Waals surface area contributed by atoms with Gasteiger partial charge in [-0.2, -0.15) is 50.5 Å². The van der Waals surface area contributed by atoms with Crippen LogP contribution < -0.4 is 39.6 Å². The van der Waals surface area contributed by atoms with E-state index in [1.165, 1.54) is 12.2 Å². The number of benzene rings is 4. The van der Waals surface area contributed by atoms with Gasteiger partial charge in [-0.3, -0.25) is 41.8 Å². The molecule has 4 aromatic carbocycles. The number of nitrogens with zero attached hydrogens (tertiary/aromatic N) is 9. The van der Waals surface area contributed by atoms with Gasteiger partial charge in [0.15, 0.2) is 39.9 Å². The second kappa shape index (κ2) is 41.1. The quantitative estimate of drug-likeness (QED) is 0.00843. The molecule has 117 heavy (non-hydrogen) atoms. The smallest absolute Gasteiger partial charge is 0.493 e. The van der Waals surface area contributed by atoms with Crippen LogP contribution in [0.3, 0.4) is 0 Å². The van der Waals surface area contributed by atoms with Gasteiger partial charge in [0.2, 0.25) is 0 Å². The Balaban J connectivity index is 0.000000289. The van der Waals surface area contributed by atoms with E-state index in [1.54, 1.807) is 0 Å². The Hall–Kier alpha value is -6.86. The topological polar surface area (TPSA) is 539 Å². The summed E-state index contributed by atoms with van der Waals surface area (Å²) < 4.78 is 217. The molecule has 0 saturated heterocycles. The third-order valence-corrected chi connectivity index (χ3v) is 32.5. The molecule has 0 unspecified atom stereocenters. The zero-order valence-corrected chi connectivity index (χ0v) is 75.1. The first-order valence-electron chi connectivity index (χ1n) is 37.2. The van der Waals surface area contributed by atoms with Gasteiger partial charge >= 0.3 is 45.7 Å². The molecular formula is C70H96N12NaO25S6Si3+3. The van der Waals surface area contributed by atoms with E-state index in [0.29, 0.717) is 101 Å². The van der Waals surface area contributed by atoms with E-state index in [4.69, 9.17) is 47.6 Å². The maximum atomic E-state index is 12.3. The largest absolute Gasteiger partial charge is 1.00 e. The SMILES string of the molecule is C[Si](C)(CCC[N+](CCCS(=O)(=O)O)(CCCS(=O)(=O)O)CCCS(=O)(=O)O)O[Si]O[Si](C)(C)CCC[N+](CCCS(=O)(=O)O)(CCCS(=O)(=O)O)CCCS(=O)(=O)O.O=C(NCCN1C(=O)C=CC1=O)OCCCOc1cccc2c3nc4nc(nc5nc(nc6[nH]c(nc([nH]3)c12)c1ccccc61)-c1ccccc1-5)-c1ccccc1-4.[Na+]. The standard InChI is InChI=1S/C42H30N10O5.C28H64N2O20S6Si3.Na/c53-31-17-18-32(54)52(31)20-19-43-42(55)57-22-8-21-56-30-16-7-15-29-33(30)41-50-39-28-14-6-5-13-27(28)37(48-39)46-35-24-10-2-1-9-23(24)34(44-35)45-36-25-11-3-4-12-26(25)38(47-36)49-40(29)51-41;1-58(2,27-11-19-29(13-5-21-51(31,32)33,14-6-22-52(34,35)36)15-7-23-53(37,38)39)49-57-50-59(3,4)28-12-20-30(16-8-24-54(40,41)42,17-9-25-55(43,44)45)18-10-26-56(46,47)48;/h1-7,9-18H,8,19-22H2,(H,43,55)(H2,44,45,46,47,48,49,50,51);5-28H2,1-4H3,(H4-2,31,32,33,34,35,36,37,38,39,40,41,42,43,44,45,46,47,48);/q;;+1/p+2. The van der Waals surface area contributed by atoms with Crippen molar-refractivity contribution in [1.29, 1.82) is 0 Å². The first kappa shape index (κ1) is 95.6. The molecule has 47 heteroatoms. The number of alkyl carbamates (subject to hydrolysis) is 1. The number of carbonyl (C=O) groups excluding carboxylic acids is 3. The third-order valence-electron chi connectivity index (χ3n) is 19.5. The average molecular weight is 1810 g/mol. The number of quaternary nitrogens is 2. The van der Waals surface area contributed by atoms with Crippen LogP contribution in [0.15, 0.2) is 103 Å². The molecule has 7 aromatic rings. The minimum atomic E-state index is -4.33. The summed E-state index contributed by atoms with van der Waals surface area (Å²) >= 11 is 0. The van der Waals surface area contributed by atoms with Crippen LogP contribution in [0.25, 0.3) is 89.7 Å². The molecule has 10 rings (SSSR count). The number of H-pyrrole nitrogens is 2. The van der Waals surface area contributed by atoms with E-state index in [0.717, 1.165) is 43.3 Å². The molecule has 2 radical (unpaired) electrons. The summed E-state index contributed by atoms with van der Waals surface area (Å²) in [5.41, 5.74) is 5.59. The first-order valence-corrected chi connectivity index (χ1v) is 53.9. The normalized spacial score (nSPS) is 13.6. The number of rotatable bonds is 44. The van der Waals surface area contributed by atoms with Crippen LogP contribution in [-0.2, 0) is 83.3 Å². The Bertz CT molecular complexity index is 5330. The maximum Gasteiger partial charge on any atom is 1.00 e. The first-order chi connectivity index (χ1) is 54.3. The van der Waals surface area contributed by atoms with E-state index in [1.807, 2.05) is 117 Å². The van der Waals surface area contributed by atoms with E-state index in [2.05, 4.69) is 15.3 Å². The number of aromatic amines is 2.